The third-order valence-corrected chi connectivity index (χ3v) is 5.43. The second kappa shape index (κ2) is 6.23. The van der Waals surface area contributed by atoms with Gasteiger partial charge in [0.25, 0.3) is 0 Å². The number of rotatable bonds is 4. The minimum absolute atomic E-state index is 0.164. The predicted molar refractivity (Wildman–Crippen MR) is 91.3 cm³/mol. The summed E-state index contributed by atoms with van der Waals surface area (Å²) in [5.74, 6) is -0.744. The van der Waals surface area contributed by atoms with E-state index >= 15 is 0 Å². The molecule has 2 aromatic rings. The minimum Gasteiger partial charge on any atom is -0.356 e. The summed E-state index contributed by atoms with van der Waals surface area (Å²) in [6.45, 7) is 3.30. The van der Waals surface area contributed by atoms with Crippen molar-refractivity contribution in [3.8, 4) is 11.3 Å². The minimum atomic E-state index is -0.490. The maximum absolute atomic E-state index is 13.0. The first-order valence-electron chi connectivity index (χ1n) is 8.79. The van der Waals surface area contributed by atoms with Crippen LogP contribution in [-0.4, -0.2) is 45.4 Å². The van der Waals surface area contributed by atoms with Gasteiger partial charge in [-0.3, -0.25) is 9.59 Å². The van der Waals surface area contributed by atoms with Crippen molar-refractivity contribution in [2.45, 2.75) is 38.3 Å². The van der Waals surface area contributed by atoms with E-state index in [9.17, 15) is 14.0 Å². The molecule has 4 rings (SSSR count). The Kier molecular flexibility index (Phi) is 4.01. The van der Waals surface area contributed by atoms with Crippen molar-refractivity contribution in [1.29, 1.82) is 0 Å². The van der Waals surface area contributed by atoms with Gasteiger partial charge >= 0.3 is 11.8 Å². The Morgan fingerprint density at radius 3 is 2.54 bits per heavy atom. The highest BCUT2D eigenvalue weighted by molar-refractivity contribution is 6.35. The van der Waals surface area contributed by atoms with Crippen molar-refractivity contribution in [2.24, 2.45) is 0 Å². The molecule has 0 unspecified atom stereocenters. The lowest BCUT2D eigenvalue weighted by molar-refractivity contribution is -0.163. The molecule has 1 aliphatic heterocycles. The number of halogens is 1. The molecule has 2 aliphatic rings. The molecule has 1 aromatic heterocycles. The fourth-order valence-electron chi connectivity index (χ4n) is 3.63. The summed E-state index contributed by atoms with van der Waals surface area (Å²) < 4.78 is 18.3. The highest BCUT2D eigenvalue weighted by Crippen LogP contribution is 2.38. The Labute approximate surface area is 150 Å². The van der Waals surface area contributed by atoms with Crippen molar-refractivity contribution in [1.82, 2.24) is 15.0 Å². The molecule has 7 heteroatoms. The summed E-state index contributed by atoms with van der Waals surface area (Å²) >= 11 is 0. The molecule has 6 nitrogen and oxygen atoms in total. The number of benzene rings is 1. The van der Waals surface area contributed by atoms with Crippen LogP contribution in [0.15, 0.2) is 34.9 Å². The fraction of sp³-hybridized carbons (Fsp3) is 0.421. The van der Waals surface area contributed by atoms with Gasteiger partial charge in [-0.1, -0.05) is 5.16 Å². The van der Waals surface area contributed by atoms with E-state index in [4.69, 9.17) is 4.52 Å². The van der Waals surface area contributed by atoms with Crippen LogP contribution in [0.3, 0.4) is 0 Å². The van der Waals surface area contributed by atoms with E-state index in [0.717, 1.165) is 19.3 Å². The van der Waals surface area contributed by atoms with Gasteiger partial charge in [0.05, 0.1) is 6.54 Å². The van der Waals surface area contributed by atoms with Crippen LogP contribution in [0.5, 0.6) is 0 Å². The molecule has 2 heterocycles. The summed E-state index contributed by atoms with van der Waals surface area (Å²) in [6.07, 6.45) is 3.01. The largest absolute Gasteiger partial charge is 0.356 e. The van der Waals surface area contributed by atoms with Crippen LogP contribution in [0.25, 0.3) is 11.3 Å². The van der Waals surface area contributed by atoms with Gasteiger partial charge in [0.15, 0.2) is 5.76 Å². The Balaban J connectivity index is 1.44. The highest BCUT2D eigenvalue weighted by atomic mass is 19.1. The molecule has 136 valence electrons. The van der Waals surface area contributed by atoms with E-state index in [0.29, 0.717) is 30.1 Å². The van der Waals surface area contributed by atoms with Gasteiger partial charge in [-0.25, -0.2) is 4.39 Å². The summed E-state index contributed by atoms with van der Waals surface area (Å²) in [6, 6.07) is 7.61. The van der Waals surface area contributed by atoms with Crippen LogP contribution >= 0.6 is 0 Å². The second-order valence-corrected chi connectivity index (χ2v) is 7.22. The van der Waals surface area contributed by atoms with Crippen molar-refractivity contribution in [3.63, 3.8) is 0 Å². The van der Waals surface area contributed by atoms with Gasteiger partial charge < -0.3 is 14.3 Å². The summed E-state index contributed by atoms with van der Waals surface area (Å²) in [4.78, 5) is 28.2. The molecule has 0 radical (unpaired) electrons. The maximum atomic E-state index is 13.0. The number of piperazine rings is 1. The van der Waals surface area contributed by atoms with Crippen molar-refractivity contribution in [2.75, 3.05) is 13.1 Å². The summed E-state index contributed by atoms with van der Waals surface area (Å²) in [7, 11) is 0. The van der Waals surface area contributed by atoms with Crippen molar-refractivity contribution >= 4 is 11.8 Å². The zero-order valence-corrected chi connectivity index (χ0v) is 14.6. The molecular weight excluding hydrogens is 337 g/mol. The molecule has 0 atom stereocenters. The molecule has 0 bridgehead atoms. The zero-order valence-electron chi connectivity index (χ0n) is 14.6. The topological polar surface area (TPSA) is 66.7 Å². The average molecular weight is 357 g/mol. The number of carbonyl (C=O) groups excluding carboxylic acids is 2. The van der Waals surface area contributed by atoms with Gasteiger partial charge in [0, 0.05) is 30.3 Å². The number of aromatic nitrogens is 1. The maximum Gasteiger partial charge on any atom is 0.312 e. The SMILES string of the molecule is CC1(N2CCN(Cc3cc(-c4ccc(F)cc4)on3)C(=O)C2=O)CCC1. The molecule has 1 aromatic carbocycles. The molecule has 1 saturated heterocycles. The Hall–Kier alpha value is -2.70. The Morgan fingerprint density at radius 2 is 1.88 bits per heavy atom. The number of amides is 2. The van der Waals surface area contributed by atoms with E-state index in [2.05, 4.69) is 5.16 Å². The van der Waals surface area contributed by atoms with E-state index in [1.165, 1.54) is 17.0 Å². The molecular formula is C19H20FN3O3. The van der Waals surface area contributed by atoms with E-state index in [1.807, 2.05) is 6.92 Å². The Morgan fingerprint density at radius 1 is 1.15 bits per heavy atom. The third kappa shape index (κ3) is 2.87. The highest BCUT2D eigenvalue weighted by Gasteiger charge is 2.45. The number of carbonyl (C=O) groups is 2. The summed E-state index contributed by atoms with van der Waals surface area (Å²) in [5.41, 5.74) is 1.10. The van der Waals surface area contributed by atoms with Crippen molar-refractivity contribution in [3.05, 3.63) is 41.8 Å². The molecule has 2 fully saturated rings. The first-order chi connectivity index (χ1) is 12.5. The lowest BCUT2D eigenvalue weighted by atomic mass is 9.76. The Bertz CT molecular complexity index is 842. The van der Waals surface area contributed by atoms with Gasteiger partial charge in [0.1, 0.15) is 11.5 Å². The number of hydrogen-bond donors (Lipinski definition) is 0. The van der Waals surface area contributed by atoms with Crippen LogP contribution < -0.4 is 0 Å². The monoisotopic (exact) mass is 357 g/mol. The van der Waals surface area contributed by atoms with Crippen molar-refractivity contribution < 1.29 is 18.5 Å². The first kappa shape index (κ1) is 16.8. The number of nitrogens with zero attached hydrogens (tertiary/aromatic N) is 3. The van der Waals surface area contributed by atoms with Gasteiger partial charge in [-0.15, -0.1) is 0 Å². The van der Waals surface area contributed by atoms with Crippen LogP contribution in [0.2, 0.25) is 0 Å². The molecule has 26 heavy (non-hydrogen) atoms. The lowest BCUT2D eigenvalue weighted by Gasteiger charge is -2.50. The smallest absolute Gasteiger partial charge is 0.312 e. The fourth-order valence-corrected chi connectivity index (χ4v) is 3.63. The average Bonchev–Trinajstić information content (AvgIpc) is 3.06. The quantitative estimate of drug-likeness (QED) is 0.789. The standard InChI is InChI=1S/C19H20FN3O3/c1-19(7-2-8-19)23-10-9-22(17(24)18(23)25)12-15-11-16(26-21-15)13-3-5-14(20)6-4-13/h3-6,11H,2,7-10,12H2,1H3. The van der Waals surface area contributed by atoms with E-state index in [1.54, 1.807) is 23.1 Å². The molecule has 0 N–H and O–H groups in total. The van der Waals surface area contributed by atoms with Crippen LogP contribution in [0, 0.1) is 5.82 Å². The lowest BCUT2D eigenvalue weighted by Crippen LogP contribution is -2.63. The predicted octanol–water partition coefficient (Wildman–Crippen LogP) is 2.59. The zero-order chi connectivity index (χ0) is 18.3. The van der Waals surface area contributed by atoms with E-state index < -0.39 is 11.8 Å². The molecule has 0 spiro atoms. The first-order valence-corrected chi connectivity index (χ1v) is 8.79. The molecule has 2 amide bonds. The normalized spacial score (nSPS) is 19.6. The van der Waals surface area contributed by atoms with Crippen LogP contribution in [-0.2, 0) is 16.1 Å². The second-order valence-electron chi connectivity index (χ2n) is 7.22. The van der Waals surface area contributed by atoms with Crippen LogP contribution in [0.4, 0.5) is 4.39 Å². The van der Waals surface area contributed by atoms with Crippen LogP contribution in [0.1, 0.15) is 31.9 Å². The summed E-state index contributed by atoms with van der Waals surface area (Å²) in [5, 5.41) is 3.98. The van der Waals surface area contributed by atoms with Gasteiger partial charge in [-0.05, 0) is 50.5 Å². The molecule has 1 aliphatic carbocycles. The third-order valence-electron chi connectivity index (χ3n) is 5.43. The molecule has 1 saturated carbocycles. The van der Waals surface area contributed by atoms with Gasteiger partial charge in [-0.2, -0.15) is 0 Å². The number of hydrogen-bond acceptors (Lipinski definition) is 4. The van der Waals surface area contributed by atoms with E-state index in [-0.39, 0.29) is 17.9 Å². The van der Waals surface area contributed by atoms with Gasteiger partial charge in [0.2, 0.25) is 0 Å².